The van der Waals surface area contributed by atoms with Gasteiger partial charge in [0.05, 0.1) is 63.3 Å². The van der Waals surface area contributed by atoms with Gasteiger partial charge in [0, 0.05) is 67.7 Å². The van der Waals surface area contributed by atoms with Crippen LogP contribution >= 0.6 is 11.6 Å². The summed E-state index contributed by atoms with van der Waals surface area (Å²) < 4.78 is 332. The van der Waals surface area contributed by atoms with Crippen molar-refractivity contribution in [3.63, 3.8) is 0 Å². The number of furan rings is 4. The quantitative estimate of drug-likeness (QED) is 0.0374. The third-order valence-corrected chi connectivity index (χ3v) is 17.4. The maximum Gasteiger partial charge on any atom is 0.416 e. The molecule has 4 aromatic heterocycles. The van der Waals surface area contributed by atoms with Crippen LogP contribution in [-0.2, 0) is 47.4 Å². The Morgan fingerprint density at radius 2 is 0.661 bits per heavy atom. The molecule has 6 N–H and O–H groups in total. The number of amides is 1. The van der Waals surface area contributed by atoms with Crippen LogP contribution in [0.5, 0.6) is 0 Å². The molecule has 4 unspecified atom stereocenters. The molecule has 16 nitrogen and oxygen atoms in total. The Labute approximate surface area is 687 Å². The second-order valence-corrected chi connectivity index (χ2v) is 27.0. The number of Topliss-reactive ketones (excluding diaryl/α,β-unsaturated/α-hetero) is 3. The molecule has 1 amide bonds. The van der Waals surface area contributed by atoms with Crippen molar-refractivity contribution < 1.29 is 157 Å². The molecule has 0 aliphatic rings. The predicted molar refractivity (Wildman–Crippen MR) is 395 cm³/mol. The lowest BCUT2D eigenvalue weighted by atomic mass is 9.91. The summed E-state index contributed by atoms with van der Waals surface area (Å²) in [5.41, 5.74) is 6.34. The minimum Gasteiger partial charge on any atom is -0.475 e. The first kappa shape index (κ1) is 98.2. The molecule has 0 saturated heterocycles. The number of hydrogen-bond acceptors (Lipinski definition) is 14. The number of ketones is 3. The summed E-state index contributed by atoms with van der Waals surface area (Å²) in [5, 5.41) is 30.3. The molecule has 12 aromatic rings. The van der Waals surface area contributed by atoms with E-state index in [4.69, 9.17) is 44.8 Å². The zero-order valence-electron chi connectivity index (χ0n) is 62.8. The molecule has 0 fully saturated rings. The first-order valence-corrected chi connectivity index (χ1v) is 35.3. The van der Waals surface area contributed by atoms with Crippen LogP contribution in [0.3, 0.4) is 0 Å². The molecule has 0 aliphatic heterocycles. The van der Waals surface area contributed by atoms with Gasteiger partial charge in [-0.3, -0.25) is 24.0 Å². The highest BCUT2D eigenvalue weighted by molar-refractivity contribution is 6.62. The number of rotatable bonds is 17. The number of alkyl halides is 24. The summed E-state index contributed by atoms with van der Waals surface area (Å²) in [7, 11) is 0. The van der Waals surface area contributed by atoms with Gasteiger partial charge in [0.2, 0.25) is 16.9 Å². The number of carbonyl (C=O) groups is 6. The number of carboxylic acid groups (broad SMARTS) is 1. The van der Waals surface area contributed by atoms with E-state index in [0.717, 1.165) is 54.1 Å². The Hall–Kier alpha value is -13.0. The van der Waals surface area contributed by atoms with Gasteiger partial charge in [-0.25, -0.2) is 4.79 Å². The minimum absolute atomic E-state index is 0.116. The first-order chi connectivity index (χ1) is 57.4. The van der Waals surface area contributed by atoms with Crippen LogP contribution in [0.25, 0.3) is 43.9 Å². The van der Waals surface area contributed by atoms with Crippen molar-refractivity contribution in [1.82, 2.24) is 5.32 Å². The van der Waals surface area contributed by atoms with Gasteiger partial charge in [0.15, 0.2) is 34.6 Å². The predicted octanol–water partition coefficient (Wildman–Crippen LogP) is 24.1. The molecular formula is C83H58ClF24N5O11. The zero-order chi connectivity index (χ0) is 92.7. The van der Waals surface area contributed by atoms with Gasteiger partial charge < -0.3 is 39.6 Å². The van der Waals surface area contributed by atoms with Crippen LogP contribution in [-0.4, -0.2) is 64.3 Å². The van der Waals surface area contributed by atoms with Gasteiger partial charge in [0.1, 0.15) is 28.4 Å². The highest BCUT2D eigenvalue weighted by Gasteiger charge is 2.47. The van der Waals surface area contributed by atoms with Gasteiger partial charge in [-0.1, -0.05) is 78.9 Å². The lowest BCUT2D eigenvalue weighted by Gasteiger charge is -2.20. The van der Waals surface area contributed by atoms with Crippen molar-refractivity contribution in [2.45, 2.75) is 119 Å². The summed E-state index contributed by atoms with van der Waals surface area (Å²) in [6.07, 6.45) is -42.0. The standard InChI is InChI=1S/C22H17F6NO3.C20H15F6NO2.C20H11F6NO2.C10H5NO3.C9H7F6N.C2H3ClO/c1-12(30)29-11-13-5-6-19-15(7-13)9-20(32-19)18(31)10-17(22(26,27)28)14-3-2-4-16(8-14)21(23,24)25;2*21-19(22,23)14-3-1-2-12(7-14)15(20(24,25)26)9-16(28)18-8-13-6-11(10-27)4-5-17(13)29-18;11-5-6-1-2-8-7(3-6)4-9(14-8)10(12)13;10-8(11,12)6-3-1-2-5(4-6)7(16)9(13,14)15;1-2(3)4/h2-9,17H,10-11H2,1H3,(H,29,30);1-8,15H,9-10,27H2;1-8,15H,9H2;1-4H,(H,12,13);1-4,7H,16H2;1H3. The molecule has 4 heterocycles. The number of nitrogens with zero attached hydrogens (tertiary/aromatic N) is 2. The zero-order valence-corrected chi connectivity index (χ0v) is 63.6. The fourth-order valence-corrected chi connectivity index (χ4v) is 11.4. The average molecular weight is 1790 g/mol. The summed E-state index contributed by atoms with van der Waals surface area (Å²) in [6, 6.07) is 36.6. The van der Waals surface area contributed by atoms with Gasteiger partial charge in [-0.2, -0.15) is 116 Å². The molecule has 656 valence electrons. The van der Waals surface area contributed by atoms with E-state index >= 15 is 0 Å². The van der Waals surface area contributed by atoms with Crippen LogP contribution in [0.4, 0.5) is 105 Å². The molecule has 0 aliphatic carbocycles. The fourth-order valence-electron chi connectivity index (χ4n) is 11.4. The van der Waals surface area contributed by atoms with E-state index in [1.165, 1.54) is 62.4 Å². The fraction of sp³-hybridized carbons (Fsp3) is 0.229. The van der Waals surface area contributed by atoms with E-state index in [-0.39, 0.29) is 64.0 Å². The maximum absolute atomic E-state index is 13.6. The number of nitrogens with two attached hydrogens (primary N) is 2. The minimum atomic E-state index is -4.95. The molecule has 41 heteroatoms. The van der Waals surface area contributed by atoms with Gasteiger partial charge in [-0.05, 0) is 160 Å². The number of fused-ring (bicyclic) bond motifs is 4. The van der Waals surface area contributed by atoms with E-state index in [0.29, 0.717) is 92.4 Å². The van der Waals surface area contributed by atoms with Gasteiger partial charge in [-0.15, -0.1) is 0 Å². The summed E-state index contributed by atoms with van der Waals surface area (Å²) >= 11 is 4.64. The summed E-state index contributed by atoms with van der Waals surface area (Å²) in [4.78, 5) is 68.2. The Morgan fingerprint density at radius 3 is 0.944 bits per heavy atom. The van der Waals surface area contributed by atoms with Crippen molar-refractivity contribution in [2.24, 2.45) is 11.5 Å². The highest BCUT2D eigenvalue weighted by Crippen LogP contribution is 2.45. The number of carbonyl (C=O) groups excluding carboxylic acids is 5. The van der Waals surface area contributed by atoms with E-state index in [9.17, 15) is 134 Å². The van der Waals surface area contributed by atoms with Crippen molar-refractivity contribution >= 4 is 89.9 Å². The molecule has 0 radical (unpaired) electrons. The Balaban J connectivity index is 0.000000216. The highest BCUT2D eigenvalue weighted by atomic mass is 35.5. The van der Waals surface area contributed by atoms with Crippen molar-refractivity contribution in [1.29, 1.82) is 10.5 Å². The van der Waals surface area contributed by atoms with E-state index in [1.807, 2.05) is 12.1 Å². The monoisotopic (exact) mass is 1790 g/mol. The summed E-state index contributed by atoms with van der Waals surface area (Å²) in [5.74, 6) is -12.7. The van der Waals surface area contributed by atoms with Crippen molar-refractivity contribution in [3.05, 3.63) is 284 Å². The number of aromatic carboxylic acids is 1. The number of benzene rings is 8. The molecule has 124 heavy (non-hydrogen) atoms. The molecule has 8 aromatic carbocycles. The Bertz CT molecular complexity index is 5910. The van der Waals surface area contributed by atoms with Crippen LogP contribution in [0.15, 0.2) is 212 Å². The number of carboxylic acids is 1. The topological polar surface area (TPSA) is 287 Å². The Morgan fingerprint density at radius 1 is 0.387 bits per heavy atom. The second kappa shape index (κ2) is 39.9. The largest absolute Gasteiger partial charge is 0.475 e. The maximum atomic E-state index is 13.6. The molecular weight excluding hydrogens is 1730 g/mol. The summed E-state index contributed by atoms with van der Waals surface area (Å²) in [6.45, 7) is 3.08. The van der Waals surface area contributed by atoms with E-state index in [1.54, 1.807) is 48.5 Å². The first-order valence-electron chi connectivity index (χ1n) is 34.9. The third kappa shape index (κ3) is 27.8. The van der Waals surface area contributed by atoms with Crippen molar-refractivity contribution in [2.75, 3.05) is 0 Å². The second-order valence-electron chi connectivity index (χ2n) is 26.5. The van der Waals surface area contributed by atoms with Gasteiger partial charge in [0.25, 0.3) is 0 Å². The number of nitrogens with one attached hydrogen (secondary N) is 1. The molecule has 0 saturated carbocycles. The van der Waals surface area contributed by atoms with Crippen LogP contribution < -0.4 is 16.8 Å². The van der Waals surface area contributed by atoms with E-state index in [2.05, 4.69) is 16.9 Å². The SMILES string of the molecule is CC(=O)Cl.CC(=O)NCc1ccc2oc(C(=O)CC(c3cccc(C(F)(F)F)c3)C(F)(F)F)cc2c1.N#Cc1ccc2oc(C(=O)CC(c3cccc(C(F)(F)F)c3)C(F)(F)F)cc2c1.N#Cc1ccc2oc(C(=O)O)cc2c1.NC(c1cccc(C(F)(F)F)c1)C(F)(F)F.NCc1ccc2oc(C(=O)CC(c3cccc(C(F)(F)F)c3)C(F)(F)F)cc2c1. The van der Waals surface area contributed by atoms with E-state index < -0.39 is 160 Å². The van der Waals surface area contributed by atoms with Crippen LogP contribution in [0.1, 0.15) is 166 Å². The average Bonchev–Trinajstić information content (AvgIpc) is 1.58. The van der Waals surface area contributed by atoms with Crippen LogP contribution in [0.2, 0.25) is 0 Å². The molecule has 0 spiro atoms. The van der Waals surface area contributed by atoms with Gasteiger partial charge >= 0.3 is 55.4 Å². The normalized spacial score (nSPS) is 13.0. The van der Waals surface area contributed by atoms with Crippen molar-refractivity contribution in [3.8, 4) is 12.1 Å². The third-order valence-electron chi connectivity index (χ3n) is 17.4. The lowest BCUT2D eigenvalue weighted by molar-refractivity contribution is -0.151. The number of halogens is 25. The van der Waals surface area contributed by atoms with Crippen LogP contribution in [0, 0.1) is 22.7 Å². The lowest BCUT2D eigenvalue weighted by Crippen LogP contribution is -2.28. The Kier molecular flexibility index (Phi) is 31.6. The molecule has 0 bridgehead atoms. The molecule has 12 rings (SSSR count). The molecule has 4 atom stereocenters. The smallest absolute Gasteiger partial charge is 0.416 e. The number of nitriles is 2. The number of hydrogen-bond donors (Lipinski definition) is 4.